The molecule has 0 saturated carbocycles. The van der Waals surface area contributed by atoms with E-state index in [0.29, 0.717) is 5.82 Å². The Morgan fingerprint density at radius 2 is 2.10 bits per heavy atom. The van der Waals surface area contributed by atoms with E-state index in [2.05, 4.69) is 15.3 Å². The maximum atomic E-state index is 12.0. The minimum atomic E-state index is -3.07. The normalized spacial score (nSPS) is 27.0. The number of rotatable bonds is 2. The van der Waals surface area contributed by atoms with Crippen molar-refractivity contribution in [3.8, 4) is 0 Å². The van der Waals surface area contributed by atoms with Crippen molar-refractivity contribution in [1.29, 1.82) is 0 Å². The van der Waals surface area contributed by atoms with Crippen molar-refractivity contribution in [1.82, 2.24) is 20.2 Å². The van der Waals surface area contributed by atoms with Crippen LogP contribution < -0.4 is 5.32 Å². The molecule has 2 atom stereocenters. The van der Waals surface area contributed by atoms with E-state index >= 15 is 0 Å². The molecule has 2 aliphatic rings. The molecule has 3 heterocycles. The number of benzene rings is 1. The zero-order chi connectivity index (χ0) is 14.6. The molecule has 1 aromatic heterocycles. The van der Waals surface area contributed by atoms with Crippen molar-refractivity contribution in [2.24, 2.45) is 0 Å². The summed E-state index contributed by atoms with van der Waals surface area (Å²) in [5.41, 5.74) is 1.74. The smallest absolute Gasteiger partial charge is 0.318 e. The third-order valence-electron chi connectivity index (χ3n) is 4.05. The Hall–Kier alpha value is -2.09. The molecule has 2 aromatic rings. The van der Waals surface area contributed by atoms with Crippen LogP contribution in [0.2, 0.25) is 0 Å². The molecular weight excluding hydrogens is 292 g/mol. The number of imidazole rings is 1. The van der Waals surface area contributed by atoms with Crippen LogP contribution in [0, 0.1) is 0 Å². The molecule has 8 heteroatoms. The SMILES string of the molecule is O=C1N[C@H]2CS(=O)(=O)C[C@@H]2N1Cc1nc2ccccc2[nH]1. The van der Waals surface area contributed by atoms with Gasteiger partial charge in [0.1, 0.15) is 5.82 Å². The molecule has 0 bridgehead atoms. The molecule has 7 nitrogen and oxygen atoms in total. The van der Waals surface area contributed by atoms with Crippen LogP contribution in [0.3, 0.4) is 0 Å². The van der Waals surface area contributed by atoms with E-state index in [-0.39, 0.29) is 36.2 Å². The second-order valence-electron chi connectivity index (χ2n) is 5.53. The minimum absolute atomic E-state index is 0.0244. The fraction of sp³-hybridized carbons (Fsp3) is 0.385. The lowest BCUT2D eigenvalue weighted by Crippen LogP contribution is -2.36. The Balaban J connectivity index is 1.62. The second kappa shape index (κ2) is 4.20. The molecule has 2 N–H and O–H groups in total. The Kier molecular flexibility index (Phi) is 2.53. The van der Waals surface area contributed by atoms with Crippen molar-refractivity contribution >= 4 is 26.9 Å². The summed E-state index contributed by atoms with van der Waals surface area (Å²) in [6, 6.07) is 6.80. The first-order valence-electron chi connectivity index (χ1n) is 6.73. The highest BCUT2D eigenvalue weighted by Crippen LogP contribution is 2.25. The molecule has 21 heavy (non-hydrogen) atoms. The molecule has 2 saturated heterocycles. The number of H-pyrrole nitrogens is 1. The molecule has 0 radical (unpaired) electrons. The summed E-state index contributed by atoms with van der Waals surface area (Å²) >= 11 is 0. The highest BCUT2D eigenvalue weighted by molar-refractivity contribution is 7.91. The van der Waals surface area contributed by atoms with Gasteiger partial charge in [-0.1, -0.05) is 12.1 Å². The Labute approximate surface area is 121 Å². The highest BCUT2D eigenvalue weighted by atomic mass is 32.2. The molecule has 2 fully saturated rings. The fourth-order valence-corrected chi connectivity index (χ4v) is 5.02. The number of aromatic amines is 1. The van der Waals surface area contributed by atoms with Crippen LogP contribution >= 0.6 is 0 Å². The standard InChI is InChI=1S/C13H14N4O3S/c18-13-16-10-6-21(19,20)7-11(10)17(13)5-12-14-8-3-1-2-4-9(8)15-12/h1-4,10-11H,5-7H2,(H,14,15)(H,16,18)/t10-,11-/m0/s1. The van der Waals surface area contributed by atoms with Crippen LogP contribution in [0.1, 0.15) is 5.82 Å². The first kappa shape index (κ1) is 12.6. The molecule has 2 aliphatic heterocycles. The van der Waals surface area contributed by atoms with Gasteiger partial charge in [0.25, 0.3) is 0 Å². The number of hydrogen-bond donors (Lipinski definition) is 2. The summed E-state index contributed by atoms with van der Waals surface area (Å²) < 4.78 is 23.4. The van der Waals surface area contributed by atoms with Crippen LogP contribution in [0.25, 0.3) is 11.0 Å². The van der Waals surface area contributed by atoms with Crippen molar-refractivity contribution in [2.45, 2.75) is 18.6 Å². The molecule has 0 spiro atoms. The van der Waals surface area contributed by atoms with Crippen LogP contribution in [0.5, 0.6) is 0 Å². The Bertz CT molecular complexity index is 796. The number of sulfone groups is 1. The topological polar surface area (TPSA) is 95.2 Å². The van der Waals surface area contributed by atoms with Gasteiger partial charge in [0, 0.05) is 0 Å². The molecule has 110 valence electrons. The number of hydrogen-bond acceptors (Lipinski definition) is 4. The van der Waals surface area contributed by atoms with Crippen LogP contribution in [-0.4, -0.2) is 52.9 Å². The summed E-state index contributed by atoms with van der Waals surface area (Å²) in [6.07, 6.45) is 0. The highest BCUT2D eigenvalue weighted by Gasteiger charge is 2.48. The van der Waals surface area contributed by atoms with E-state index in [1.54, 1.807) is 4.90 Å². The Morgan fingerprint density at radius 3 is 2.90 bits per heavy atom. The van der Waals surface area contributed by atoms with Crippen LogP contribution in [-0.2, 0) is 16.4 Å². The van der Waals surface area contributed by atoms with Gasteiger partial charge in [-0.05, 0) is 12.1 Å². The second-order valence-corrected chi connectivity index (χ2v) is 7.68. The Morgan fingerprint density at radius 1 is 1.29 bits per heavy atom. The number of carbonyl (C=O) groups is 1. The molecule has 4 rings (SSSR count). The lowest BCUT2D eigenvalue weighted by Gasteiger charge is -2.19. The molecular formula is C13H14N4O3S. The lowest BCUT2D eigenvalue weighted by atomic mass is 10.2. The first-order chi connectivity index (χ1) is 10.0. The zero-order valence-corrected chi connectivity index (χ0v) is 11.9. The van der Waals surface area contributed by atoms with Gasteiger partial charge in [-0.25, -0.2) is 18.2 Å². The van der Waals surface area contributed by atoms with Crippen molar-refractivity contribution in [3.63, 3.8) is 0 Å². The number of urea groups is 1. The van der Waals surface area contributed by atoms with Gasteiger partial charge in [0.2, 0.25) is 0 Å². The first-order valence-corrected chi connectivity index (χ1v) is 8.55. The van der Waals surface area contributed by atoms with Crippen LogP contribution in [0.4, 0.5) is 4.79 Å². The number of fused-ring (bicyclic) bond motifs is 2. The van der Waals surface area contributed by atoms with E-state index in [9.17, 15) is 13.2 Å². The monoisotopic (exact) mass is 306 g/mol. The van der Waals surface area contributed by atoms with Crippen LogP contribution in [0.15, 0.2) is 24.3 Å². The van der Waals surface area contributed by atoms with E-state index in [4.69, 9.17) is 0 Å². The quantitative estimate of drug-likeness (QED) is 0.778. The van der Waals surface area contributed by atoms with E-state index < -0.39 is 9.84 Å². The number of nitrogens with one attached hydrogen (secondary N) is 2. The fourth-order valence-electron chi connectivity index (χ4n) is 3.10. The summed E-state index contributed by atoms with van der Waals surface area (Å²) in [7, 11) is -3.07. The van der Waals surface area contributed by atoms with Crippen molar-refractivity contribution in [3.05, 3.63) is 30.1 Å². The average molecular weight is 306 g/mol. The van der Waals surface area contributed by atoms with Crippen molar-refractivity contribution < 1.29 is 13.2 Å². The van der Waals surface area contributed by atoms with E-state index in [1.165, 1.54) is 0 Å². The number of amides is 2. The van der Waals surface area contributed by atoms with Crippen molar-refractivity contribution in [2.75, 3.05) is 11.5 Å². The summed E-state index contributed by atoms with van der Waals surface area (Å²) in [5.74, 6) is 0.715. The van der Waals surface area contributed by atoms with E-state index in [1.807, 2.05) is 24.3 Å². The summed E-state index contributed by atoms with van der Waals surface area (Å²) in [6.45, 7) is 0.289. The predicted molar refractivity (Wildman–Crippen MR) is 76.4 cm³/mol. The van der Waals surface area contributed by atoms with Gasteiger partial charge >= 0.3 is 6.03 Å². The van der Waals surface area contributed by atoms with Gasteiger partial charge in [-0.2, -0.15) is 0 Å². The van der Waals surface area contributed by atoms with Gasteiger partial charge < -0.3 is 15.2 Å². The summed E-state index contributed by atoms with van der Waals surface area (Å²) in [4.78, 5) is 21.2. The van der Waals surface area contributed by atoms with Gasteiger partial charge in [-0.15, -0.1) is 0 Å². The zero-order valence-electron chi connectivity index (χ0n) is 11.1. The molecule has 0 unspecified atom stereocenters. The van der Waals surface area contributed by atoms with Gasteiger partial charge in [-0.3, -0.25) is 0 Å². The number of para-hydroxylation sites is 2. The lowest BCUT2D eigenvalue weighted by molar-refractivity contribution is 0.202. The minimum Gasteiger partial charge on any atom is -0.340 e. The summed E-state index contributed by atoms with van der Waals surface area (Å²) in [5, 5.41) is 2.74. The largest absolute Gasteiger partial charge is 0.340 e. The molecule has 0 aliphatic carbocycles. The molecule has 1 aromatic carbocycles. The van der Waals surface area contributed by atoms with Gasteiger partial charge in [0.15, 0.2) is 9.84 Å². The maximum absolute atomic E-state index is 12.0. The average Bonchev–Trinajstić information content (AvgIpc) is 3.02. The number of carbonyl (C=O) groups excluding carboxylic acids is 1. The third kappa shape index (κ3) is 2.06. The molecule has 2 amide bonds. The van der Waals surface area contributed by atoms with E-state index in [0.717, 1.165) is 11.0 Å². The number of nitrogens with zero attached hydrogens (tertiary/aromatic N) is 2. The third-order valence-corrected chi connectivity index (χ3v) is 5.77. The predicted octanol–water partition coefficient (Wildman–Crippen LogP) is 0.254. The van der Waals surface area contributed by atoms with Gasteiger partial charge in [0.05, 0.1) is 41.2 Å². The number of aromatic nitrogens is 2. The maximum Gasteiger partial charge on any atom is 0.318 e.